The summed E-state index contributed by atoms with van der Waals surface area (Å²) in [6, 6.07) is 5.09. The molecular formula is C19H25N3O6. The van der Waals surface area contributed by atoms with Crippen molar-refractivity contribution in [3.8, 4) is 11.5 Å². The molecule has 0 saturated carbocycles. The molecule has 3 amide bonds. The summed E-state index contributed by atoms with van der Waals surface area (Å²) in [5.74, 6) is 0.675. The van der Waals surface area contributed by atoms with Gasteiger partial charge in [0, 0.05) is 37.8 Å². The number of nitrogens with zero attached hydrogens (tertiary/aromatic N) is 2. The monoisotopic (exact) mass is 391 g/mol. The molecule has 9 nitrogen and oxygen atoms in total. The molecule has 1 aromatic carbocycles. The van der Waals surface area contributed by atoms with Crippen LogP contribution in [0.3, 0.4) is 0 Å². The van der Waals surface area contributed by atoms with Gasteiger partial charge in [0.25, 0.3) is 0 Å². The summed E-state index contributed by atoms with van der Waals surface area (Å²) in [6.45, 7) is 4.64. The number of rotatable bonds is 5. The van der Waals surface area contributed by atoms with Gasteiger partial charge in [-0.1, -0.05) is 0 Å². The maximum atomic E-state index is 12.5. The number of fused-ring (bicyclic) bond motifs is 1. The van der Waals surface area contributed by atoms with Gasteiger partial charge in [-0.15, -0.1) is 0 Å². The molecule has 2 aliphatic heterocycles. The number of hydrogen-bond acceptors (Lipinski definition) is 6. The second-order valence-electron chi connectivity index (χ2n) is 6.67. The van der Waals surface area contributed by atoms with E-state index in [0.29, 0.717) is 49.7 Å². The third-order valence-corrected chi connectivity index (χ3v) is 4.74. The highest BCUT2D eigenvalue weighted by atomic mass is 16.7. The smallest absolute Gasteiger partial charge is 0.409 e. The summed E-state index contributed by atoms with van der Waals surface area (Å²) >= 11 is 0. The molecule has 2 heterocycles. The van der Waals surface area contributed by atoms with Crippen molar-refractivity contribution in [3.05, 3.63) is 18.2 Å². The predicted molar refractivity (Wildman–Crippen MR) is 100 cm³/mol. The lowest BCUT2D eigenvalue weighted by molar-refractivity contribution is -0.123. The second kappa shape index (κ2) is 8.81. The van der Waals surface area contributed by atoms with Crippen LogP contribution in [0.25, 0.3) is 0 Å². The average Bonchev–Trinajstić information content (AvgIpc) is 3.14. The molecule has 1 fully saturated rings. The van der Waals surface area contributed by atoms with E-state index >= 15 is 0 Å². The molecule has 0 aromatic heterocycles. The van der Waals surface area contributed by atoms with Crippen LogP contribution in [0.15, 0.2) is 18.2 Å². The molecule has 152 valence electrons. The first-order chi connectivity index (χ1) is 13.5. The molecule has 0 bridgehead atoms. The van der Waals surface area contributed by atoms with Crippen LogP contribution in [0.4, 0.5) is 10.5 Å². The minimum Gasteiger partial charge on any atom is -0.454 e. The number of anilines is 1. The molecular weight excluding hydrogens is 366 g/mol. The van der Waals surface area contributed by atoms with Gasteiger partial charge >= 0.3 is 6.09 Å². The lowest BCUT2D eigenvalue weighted by Gasteiger charge is -2.32. The van der Waals surface area contributed by atoms with Crippen LogP contribution in [-0.4, -0.2) is 61.9 Å². The van der Waals surface area contributed by atoms with Gasteiger partial charge in [0.05, 0.1) is 6.61 Å². The maximum Gasteiger partial charge on any atom is 0.409 e. The summed E-state index contributed by atoms with van der Waals surface area (Å²) in [7, 11) is 0. The number of carbonyl (C=O) groups is 3. The zero-order valence-electron chi connectivity index (χ0n) is 16.1. The van der Waals surface area contributed by atoms with E-state index in [0.717, 1.165) is 0 Å². The van der Waals surface area contributed by atoms with Gasteiger partial charge in [-0.2, -0.15) is 0 Å². The van der Waals surface area contributed by atoms with E-state index in [1.54, 1.807) is 30.0 Å². The van der Waals surface area contributed by atoms with Crippen LogP contribution in [0.1, 0.15) is 26.7 Å². The first kappa shape index (κ1) is 19.8. The van der Waals surface area contributed by atoms with Gasteiger partial charge in [-0.05, 0) is 31.9 Å². The number of likely N-dealkylation sites (tertiary alicyclic amines) is 1. The Morgan fingerprint density at radius 3 is 2.61 bits per heavy atom. The second-order valence-corrected chi connectivity index (χ2v) is 6.67. The maximum absolute atomic E-state index is 12.5. The zero-order chi connectivity index (χ0) is 20.1. The number of hydrogen-bond donors (Lipinski definition) is 1. The van der Waals surface area contributed by atoms with Crippen molar-refractivity contribution in [2.75, 3.05) is 37.9 Å². The number of benzene rings is 1. The molecule has 9 heteroatoms. The highest BCUT2D eigenvalue weighted by molar-refractivity contribution is 5.97. The predicted octanol–water partition coefficient (Wildman–Crippen LogP) is 1.51. The molecule has 0 spiro atoms. The minimum absolute atomic E-state index is 0.0382. The Morgan fingerprint density at radius 1 is 1.21 bits per heavy atom. The Morgan fingerprint density at radius 2 is 1.93 bits per heavy atom. The highest BCUT2D eigenvalue weighted by Gasteiger charge is 2.26. The lowest BCUT2D eigenvalue weighted by Crippen LogP contribution is -2.49. The standard InChI is InChI=1S/C19H25N3O6/c1-3-26-19(25)21-8-6-14(7-9-21)20-18(24)11-22(13(2)23)15-4-5-16-17(10-15)28-12-27-16/h4-5,10,14H,3,6-9,11-12H2,1-2H3,(H,20,24). The Kier molecular flexibility index (Phi) is 6.23. The van der Waals surface area contributed by atoms with Crippen LogP contribution < -0.4 is 19.7 Å². The minimum atomic E-state index is -0.321. The van der Waals surface area contributed by atoms with Crippen LogP contribution in [0.5, 0.6) is 11.5 Å². The molecule has 1 saturated heterocycles. The fourth-order valence-corrected chi connectivity index (χ4v) is 3.28. The number of piperidine rings is 1. The van der Waals surface area contributed by atoms with Gasteiger partial charge < -0.3 is 29.3 Å². The third-order valence-electron chi connectivity index (χ3n) is 4.74. The molecule has 0 unspecified atom stereocenters. The number of ether oxygens (including phenoxy) is 3. The quantitative estimate of drug-likeness (QED) is 0.817. The van der Waals surface area contributed by atoms with E-state index < -0.39 is 0 Å². The lowest BCUT2D eigenvalue weighted by atomic mass is 10.1. The number of carbonyl (C=O) groups excluding carboxylic acids is 3. The number of amides is 3. The van der Waals surface area contributed by atoms with Crippen LogP contribution >= 0.6 is 0 Å². The van der Waals surface area contributed by atoms with Crippen molar-refractivity contribution in [2.45, 2.75) is 32.7 Å². The first-order valence-electron chi connectivity index (χ1n) is 9.36. The van der Waals surface area contributed by atoms with Crippen molar-refractivity contribution < 1.29 is 28.6 Å². The highest BCUT2D eigenvalue weighted by Crippen LogP contribution is 2.35. The Hall–Kier alpha value is -2.97. The van der Waals surface area contributed by atoms with Gasteiger partial charge in [0.2, 0.25) is 18.6 Å². The summed E-state index contributed by atoms with van der Waals surface area (Å²) in [6.07, 6.45) is 0.973. The van der Waals surface area contributed by atoms with Crippen LogP contribution in [0, 0.1) is 0 Å². The van der Waals surface area contributed by atoms with E-state index in [4.69, 9.17) is 14.2 Å². The SMILES string of the molecule is CCOC(=O)N1CCC(NC(=O)CN(C(C)=O)c2ccc3c(c2)OCO3)CC1. The third kappa shape index (κ3) is 4.65. The summed E-state index contributed by atoms with van der Waals surface area (Å²) in [5.41, 5.74) is 0.573. The van der Waals surface area contributed by atoms with Crippen molar-refractivity contribution in [2.24, 2.45) is 0 Å². The zero-order valence-corrected chi connectivity index (χ0v) is 16.1. The normalized spacial score (nSPS) is 15.9. The molecule has 1 aromatic rings. The fourth-order valence-electron chi connectivity index (χ4n) is 3.28. The van der Waals surface area contributed by atoms with Crippen LogP contribution in [0.2, 0.25) is 0 Å². The van der Waals surface area contributed by atoms with E-state index in [2.05, 4.69) is 5.32 Å². The molecule has 0 radical (unpaired) electrons. The Bertz CT molecular complexity index is 745. The van der Waals surface area contributed by atoms with Crippen molar-refractivity contribution in [1.29, 1.82) is 0 Å². The van der Waals surface area contributed by atoms with E-state index in [-0.39, 0.29) is 37.3 Å². The number of nitrogens with one attached hydrogen (secondary N) is 1. The van der Waals surface area contributed by atoms with Gasteiger partial charge in [-0.25, -0.2) is 4.79 Å². The van der Waals surface area contributed by atoms with Crippen LogP contribution in [-0.2, 0) is 14.3 Å². The molecule has 1 N–H and O–H groups in total. The Balaban J connectivity index is 1.54. The fraction of sp³-hybridized carbons (Fsp3) is 0.526. The molecule has 0 atom stereocenters. The topological polar surface area (TPSA) is 97.4 Å². The first-order valence-corrected chi connectivity index (χ1v) is 9.36. The molecule has 3 rings (SSSR count). The van der Waals surface area contributed by atoms with Gasteiger partial charge in [0.1, 0.15) is 6.54 Å². The average molecular weight is 391 g/mol. The van der Waals surface area contributed by atoms with E-state index in [1.807, 2.05) is 0 Å². The molecule has 28 heavy (non-hydrogen) atoms. The Labute approximate surface area is 163 Å². The van der Waals surface area contributed by atoms with Crippen molar-refractivity contribution >= 4 is 23.6 Å². The largest absolute Gasteiger partial charge is 0.454 e. The van der Waals surface area contributed by atoms with Crippen molar-refractivity contribution in [3.63, 3.8) is 0 Å². The summed E-state index contributed by atoms with van der Waals surface area (Å²) in [5, 5.41) is 2.95. The van der Waals surface area contributed by atoms with Crippen molar-refractivity contribution in [1.82, 2.24) is 10.2 Å². The molecule has 2 aliphatic rings. The van der Waals surface area contributed by atoms with E-state index in [1.165, 1.54) is 11.8 Å². The van der Waals surface area contributed by atoms with Gasteiger partial charge in [-0.3, -0.25) is 9.59 Å². The van der Waals surface area contributed by atoms with Gasteiger partial charge in [0.15, 0.2) is 11.5 Å². The molecule has 0 aliphatic carbocycles. The summed E-state index contributed by atoms with van der Waals surface area (Å²) in [4.78, 5) is 39.3. The van der Waals surface area contributed by atoms with E-state index in [9.17, 15) is 14.4 Å². The summed E-state index contributed by atoms with van der Waals surface area (Å²) < 4.78 is 15.6.